The van der Waals surface area contributed by atoms with Crippen LogP contribution in [0.5, 0.6) is 0 Å². The minimum absolute atomic E-state index is 0.0107. The number of hydrogen-bond acceptors (Lipinski definition) is 2. The number of benzene rings is 2. The van der Waals surface area contributed by atoms with Gasteiger partial charge in [-0.25, -0.2) is 8.42 Å². The first-order valence-electron chi connectivity index (χ1n) is 7.03. The van der Waals surface area contributed by atoms with Gasteiger partial charge >= 0.3 is 6.18 Å². The van der Waals surface area contributed by atoms with Crippen LogP contribution >= 0.6 is 11.6 Å². The zero-order valence-corrected chi connectivity index (χ0v) is 14.5. The maximum atomic E-state index is 12.9. The van der Waals surface area contributed by atoms with Gasteiger partial charge in [0.25, 0.3) is 10.0 Å². The van der Waals surface area contributed by atoms with Gasteiger partial charge in [-0.15, -0.1) is 0 Å². The standard InChI is InChI=1S/C16H15ClF3NO2S/c1-3-21(24(22,23)13-7-4-11(2)5-8-13)15-10-12(16(18,19)20)6-9-14(15)17/h4-10H,3H2,1-2H3. The number of hydrogen-bond donors (Lipinski definition) is 0. The molecule has 24 heavy (non-hydrogen) atoms. The fourth-order valence-corrected chi connectivity index (χ4v) is 3.94. The second-order valence-corrected chi connectivity index (χ2v) is 7.42. The highest BCUT2D eigenvalue weighted by atomic mass is 35.5. The van der Waals surface area contributed by atoms with Crippen LogP contribution in [0.15, 0.2) is 47.4 Å². The van der Waals surface area contributed by atoms with Crippen molar-refractivity contribution in [1.82, 2.24) is 0 Å². The second kappa shape index (κ2) is 6.64. The zero-order valence-electron chi connectivity index (χ0n) is 12.9. The van der Waals surface area contributed by atoms with Crippen molar-refractivity contribution in [3.8, 4) is 0 Å². The smallest absolute Gasteiger partial charge is 0.265 e. The highest BCUT2D eigenvalue weighted by molar-refractivity contribution is 7.92. The van der Waals surface area contributed by atoms with Crippen LogP contribution in [-0.4, -0.2) is 15.0 Å². The van der Waals surface area contributed by atoms with Gasteiger partial charge in [0.15, 0.2) is 0 Å². The molecule has 0 aromatic heterocycles. The lowest BCUT2D eigenvalue weighted by Crippen LogP contribution is -2.31. The SMILES string of the molecule is CCN(c1cc(C(F)(F)F)ccc1Cl)S(=O)(=O)c1ccc(C)cc1. The van der Waals surface area contributed by atoms with E-state index in [0.29, 0.717) is 0 Å². The second-order valence-electron chi connectivity index (χ2n) is 5.15. The molecule has 0 saturated carbocycles. The largest absolute Gasteiger partial charge is 0.416 e. The molecular weight excluding hydrogens is 363 g/mol. The molecule has 0 spiro atoms. The number of aryl methyl sites for hydroxylation is 1. The average molecular weight is 378 g/mol. The van der Waals surface area contributed by atoms with E-state index in [2.05, 4.69) is 0 Å². The summed E-state index contributed by atoms with van der Waals surface area (Å²) in [7, 11) is -4.02. The number of nitrogens with zero attached hydrogens (tertiary/aromatic N) is 1. The molecule has 0 radical (unpaired) electrons. The highest BCUT2D eigenvalue weighted by Crippen LogP contribution is 2.37. The Morgan fingerprint density at radius 3 is 2.17 bits per heavy atom. The molecule has 2 rings (SSSR count). The lowest BCUT2D eigenvalue weighted by molar-refractivity contribution is -0.137. The Bertz CT molecular complexity index is 833. The van der Waals surface area contributed by atoms with Gasteiger partial charge in [0.2, 0.25) is 0 Å². The van der Waals surface area contributed by atoms with E-state index in [1.54, 1.807) is 19.1 Å². The molecular formula is C16H15ClF3NO2S. The molecule has 8 heteroatoms. The van der Waals surface area contributed by atoms with Crippen molar-refractivity contribution in [2.75, 3.05) is 10.8 Å². The van der Waals surface area contributed by atoms with Crippen molar-refractivity contribution in [2.45, 2.75) is 24.9 Å². The van der Waals surface area contributed by atoms with Crippen LogP contribution < -0.4 is 4.31 Å². The van der Waals surface area contributed by atoms with Crippen molar-refractivity contribution in [3.05, 3.63) is 58.6 Å². The van der Waals surface area contributed by atoms with Crippen LogP contribution in [-0.2, 0) is 16.2 Å². The number of halogens is 4. The van der Waals surface area contributed by atoms with E-state index < -0.39 is 21.8 Å². The summed E-state index contributed by atoms with van der Waals surface area (Å²) < 4.78 is 65.2. The van der Waals surface area contributed by atoms with Gasteiger partial charge in [0, 0.05) is 6.54 Å². The molecule has 0 aliphatic rings. The van der Waals surface area contributed by atoms with Gasteiger partial charge in [-0.2, -0.15) is 13.2 Å². The van der Waals surface area contributed by atoms with E-state index in [1.807, 2.05) is 0 Å². The first-order chi connectivity index (χ1) is 11.1. The van der Waals surface area contributed by atoms with Crippen LogP contribution in [0.1, 0.15) is 18.1 Å². The number of sulfonamides is 1. The third-order valence-corrected chi connectivity index (χ3v) is 5.66. The van der Waals surface area contributed by atoms with Crippen molar-refractivity contribution < 1.29 is 21.6 Å². The van der Waals surface area contributed by atoms with Crippen molar-refractivity contribution >= 4 is 27.3 Å². The predicted molar refractivity (Wildman–Crippen MR) is 87.8 cm³/mol. The van der Waals surface area contributed by atoms with E-state index in [0.717, 1.165) is 28.1 Å². The molecule has 3 nitrogen and oxygen atoms in total. The average Bonchev–Trinajstić information content (AvgIpc) is 2.49. The molecule has 0 fully saturated rings. The first-order valence-corrected chi connectivity index (χ1v) is 8.85. The molecule has 0 amide bonds. The Labute approximate surface area is 143 Å². The van der Waals surface area contributed by atoms with Gasteiger partial charge < -0.3 is 0 Å². The van der Waals surface area contributed by atoms with E-state index in [-0.39, 0.29) is 22.2 Å². The van der Waals surface area contributed by atoms with E-state index >= 15 is 0 Å². The molecule has 0 bridgehead atoms. The number of anilines is 1. The van der Waals surface area contributed by atoms with E-state index in [4.69, 9.17) is 11.6 Å². The third-order valence-electron chi connectivity index (χ3n) is 3.44. The molecule has 0 unspecified atom stereocenters. The fraction of sp³-hybridized carbons (Fsp3) is 0.250. The fourth-order valence-electron chi connectivity index (χ4n) is 2.19. The van der Waals surface area contributed by atoms with E-state index in [9.17, 15) is 21.6 Å². The van der Waals surface area contributed by atoms with Crippen LogP contribution in [0.4, 0.5) is 18.9 Å². The lowest BCUT2D eigenvalue weighted by atomic mass is 10.2. The quantitative estimate of drug-likeness (QED) is 0.761. The Kier molecular flexibility index (Phi) is 5.15. The van der Waals surface area contributed by atoms with E-state index in [1.165, 1.54) is 19.1 Å². The zero-order chi connectivity index (χ0) is 18.1. The molecule has 0 aliphatic carbocycles. The molecule has 2 aromatic rings. The van der Waals surface area contributed by atoms with Crippen molar-refractivity contribution in [2.24, 2.45) is 0 Å². The van der Waals surface area contributed by atoms with Crippen LogP contribution in [0, 0.1) is 6.92 Å². The molecule has 130 valence electrons. The molecule has 0 atom stereocenters. The lowest BCUT2D eigenvalue weighted by Gasteiger charge is -2.25. The van der Waals surface area contributed by atoms with Gasteiger partial charge in [0.1, 0.15) is 0 Å². The maximum Gasteiger partial charge on any atom is 0.416 e. The summed E-state index contributed by atoms with van der Waals surface area (Å²) in [5, 5.41) is -0.0689. The number of alkyl halides is 3. The van der Waals surface area contributed by atoms with Crippen molar-refractivity contribution in [3.63, 3.8) is 0 Å². The molecule has 0 N–H and O–H groups in total. The normalized spacial score (nSPS) is 12.2. The molecule has 2 aromatic carbocycles. The third kappa shape index (κ3) is 3.67. The van der Waals surface area contributed by atoms with Gasteiger partial charge in [-0.3, -0.25) is 4.31 Å². The Morgan fingerprint density at radius 1 is 1.08 bits per heavy atom. The Balaban J connectivity index is 2.57. The Hall–Kier alpha value is -1.73. The van der Waals surface area contributed by atoms with Gasteiger partial charge in [-0.05, 0) is 44.2 Å². The first kappa shape index (κ1) is 18.6. The van der Waals surface area contributed by atoms with Crippen LogP contribution in [0.2, 0.25) is 5.02 Å². The summed E-state index contributed by atoms with van der Waals surface area (Å²) in [5.41, 5.74) is -0.289. The molecule has 0 saturated heterocycles. The summed E-state index contributed by atoms with van der Waals surface area (Å²) in [6.07, 6.45) is -4.59. The monoisotopic (exact) mass is 377 g/mol. The predicted octanol–water partition coefficient (Wildman–Crippen LogP) is 4.88. The van der Waals surface area contributed by atoms with Gasteiger partial charge in [0.05, 0.1) is 21.2 Å². The topological polar surface area (TPSA) is 37.4 Å². The molecule has 0 aliphatic heterocycles. The summed E-state index contributed by atoms with van der Waals surface area (Å²) in [6, 6.07) is 8.68. The summed E-state index contributed by atoms with van der Waals surface area (Å²) in [6.45, 7) is 3.28. The van der Waals surface area contributed by atoms with Crippen LogP contribution in [0.25, 0.3) is 0 Å². The summed E-state index contributed by atoms with van der Waals surface area (Å²) in [5.74, 6) is 0. The van der Waals surface area contributed by atoms with Crippen LogP contribution in [0.3, 0.4) is 0 Å². The maximum absolute atomic E-state index is 12.9. The molecule has 0 heterocycles. The van der Waals surface area contributed by atoms with Gasteiger partial charge in [-0.1, -0.05) is 29.3 Å². The summed E-state index contributed by atoms with van der Waals surface area (Å²) >= 11 is 5.97. The minimum atomic E-state index is -4.59. The van der Waals surface area contributed by atoms with Crippen molar-refractivity contribution in [1.29, 1.82) is 0 Å². The highest BCUT2D eigenvalue weighted by Gasteiger charge is 2.33. The Morgan fingerprint density at radius 2 is 1.67 bits per heavy atom. The summed E-state index contributed by atoms with van der Waals surface area (Å²) in [4.78, 5) is -0.0107. The number of rotatable bonds is 4. The minimum Gasteiger partial charge on any atom is -0.265 e.